The van der Waals surface area contributed by atoms with Gasteiger partial charge in [-0.25, -0.2) is 0 Å². The van der Waals surface area contributed by atoms with Crippen molar-refractivity contribution in [3.8, 4) is 0 Å². The minimum Gasteiger partial charge on any atom is -0.336 e. The van der Waals surface area contributed by atoms with Gasteiger partial charge in [-0.2, -0.15) is 0 Å². The first-order chi connectivity index (χ1) is 11.1. The van der Waals surface area contributed by atoms with E-state index in [1.165, 1.54) is 11.1 Å². The molecule has 2 aromatic rings. The van der Waals surface area contributed by atoms with Crippen molar-refractivity contribution in [2.24, 2.45) is 0 Å². The molecule has 1 amide bonds. The lowest BCUT2D eigenvalue weighted by Crippen LogP contribution is -2.55. The van der Waals surface area contributed by atoms with Crippen LogP contribution >= 0.6 is 0 Å². The largest absolute Gasteiger partial charge is 0.336 e. The summed E-state index contributed by atoms with van der Waals surface area (Å²) >= 11 is 0. The van der Waals surface area contributed by atoms with Crippen LogP contribution in [0.5, 0.6) is 0 Å². The van der Waals surface area contributed by atoms with E-state index < -0.39 is 0 Å². The Labute approximate surface area is 138 Å². The fraction of sp³-hybridized carbons (Fsp3) is 0.350. The van der Waals surface area contributed by atoms with E-state index in [9.17, 15) is 4.79 Å². The average Bonchev–Trinajstić information content (AvgIpc) is 2.59. The molecule has 0 unspecified atom stereocenters. The van der Waals surface area contributed by atoms with Gasteiger partial charge in [-0.15, -0.1) is 0 Å². The zero-order valence-corrected chi connectivity index (χ0v) is 13.9. The molecule has 0 spiro atoms. The van der Waals surface area contributed by atoms with Crippen LogP contribution in [0.15, 0.2) is 60.7 Å². The number of nitrogens with zero attached hydrogens (tertiary/aromatic N) is 2. The van der Waals surface area contributed by atoms with Gasteiger partial charge in [0.25, 0.3) is 0 Å². The molecule has 1 aliphatic rings. The maximum Gasteiger partial charge on any atom is 0.237 e. The van der Waals surface area contributed by atoms with Crippen molar-refractivity contribution < 1.29 is 4.79 Å². The molecule has 2 atom stereocenters. The maximum atomic E-state index is 12.6. The van der Waals surface area contributed by atoms with Crippen LogP contribution in [0.1, 0.15) is 31.0 Å². The molecule has 1 heterocycles. The second kappa shape index (κ2) is 6.97. The Morgan fingerprint density at radius 3 is 2.30 bits per heavy atom. The maximum absolute atomic E-state index is 12.6. The molecule has 3 nitrogen and oxygen atoms in total. The molecular weight excluding hydrogens is 284 g/mol. The van der Waals surface area contributed by atoms with Crippen molar-refractivity contribution >= 4 is 5.91 Å². The van der Waals surface area contributed by atoms with Crippen LogP contribution in [-0.2, 0) is 11.3 Å². The first-order valence-corrected chi connectivity index (χ1v) is 8.27. The lowest BCUT2D eigenvalue weighted by atomic mass is 10.0. The van der Waals surface area contributed by atoms with Crippen LogP contribution in [0.25, 0.3) is 0 Å². The molecule has 23 heavy (non-hydrogen) atoms. The highest BCUT2D eigenvalue weighted by molar-refractivity contribution is 5.79. The molecule has 0 saturated carbocycles. The van der Waals surface area contributed by atoms with E-state index in [0.717, 1.165) is 6.54 Å². The number of rotatable bonds is 4. The van der Waals surface area contributed by atoms with Gasteiger partial charge in [0.15, 0.2) is 0 Å². The second-order valence-corrected chi connectivity index (χ2v) is 6.37. The monoisotopic (exact) mass is 308 g/mol. The minimum atomic E-state index is 0.217. The number of amides is 1. The van der Waals surface area contributed by atoms with Crippen LogP contribution in [0.2, 0.25) is 0 Å². The van der Waals surface area contributed by atoms with Crippen LogP contribution < -0.4 is 0 Å². The predicted molar refractivity (Wildman–Crippen MR) is 92.9 cm³/mol. The molecule has 1 fully saturated rings. The van der Waals surface area contributed by atoms with Gasteiger partial charge in [0.1, 0.15) is 0 Å². The Morgan fingerprint density at radius 1 is 1.04 bits per heavy atom. The van der Waals surface area contributed by atoms with E-state index in [4.69, 9.17) is 0 Å². The fourth-order valence-corrected chi connectivity index (χ4v) is 3.34. The Balaban J connectivity index is 1.68. The third kappa shape index (κ3) is 3.62. The van der Waals surface area contributed by atoms with Gasteiger partial charge in [-0.05, 0) is 25.0 Å². The van der Waals surface area contributed by atoms with Crippen LogP contribution in [0, 0.1) is 0 Å². The number of hydrogen-bond donors (Lipinski definition) is 0. The highest BCUT2D eigenvalue weighted by Gasteiger charge is 2.32. The Kier molecular flexibility index (Phi) is 4.77. The summed E-state index contributed by atoms with van der Waals surface area (Å²) in [5, 5.41) is 0. The van der Waals surface area contributed by atoms with Crippen molar-refractivity contribution in [2.75, 3.05) is 13.1 Å². The molecular formula is C20H24N2O. The average molecular weight is 308 g/mol. The van der Waals surface area contributed by atoms with Crippen molar-refractivity contribution in [1.29, 1.82) is 0 Å². The van der Waals surface area contributed by atoms with E-state index in [1.54, 1.807) is 0 Å². The quantitative estimate of drug-likeness (QED) is 0.863. The second-order valence-electron chi connectivity index (χ2n) is 6.37. The highest BCUT2D eigenvalue weighted by atomic mass is 16.2. The molecule has 1 saturated heterocycles. The Hall–Kier alpha value is -2.13. The SMILES string of the molecule is C[C@@H]1CN(Cc2ccccc2)C(=O)CN1[C@H](C)c1ccccc1. The lowest BCUT2D eigenvalue weighted by Gasteiger charge is -2.42. The molecule has 0 N–H and O–H groups in total. The van der Waals surface area contributed by atoms with E-state index in [1.807, 2.05) is 29.2 Å². The number of benzene rings is 2. The van der Waals surface area contributed by atoms with Crippen LogP contribution in [0.3, 0.4) is 0 Å². The van der Waals surface area contributed by atoms with Gasteiger partial charge in [0.05, 0.1) is 6.54 Å². The summed E-state index contributed by atoms with van der Waals surface area (Å²) in [7, 11) is 0. The van der Waals surface area contributed by atoms with Crippen LogP contribution in [-0.4, -0.2) is 34.8 Å². The predicted octanol–water partition coefficient (Wildman–Crippen LogP) is 3.48. The summed E-state index contributed by atoms with van der Waals surface area (Å²) in [5.74, 6) is 0.217. The van der Waals surface area contributed by atoms with Crippen molar-refractivity contribution in [2.45, 2.75) is 32.5 Å². The van der Waals surface area contributed by atoms with Gasteiger partial charge in [0, 0.05) is 25.2 Å². The summed E-state index contributed by atoms with van der Waals surface area (Å²) in [6, 6.07) is 21.3. The standard InChI is InChI=1S/C20H24N2O/c1-16-13-21(14-18-9-5-3-6-10-18)20(23)15-22(16)17(2)19-11-7-4-8-12-19/h3-12,16-17H,13-15H2,1-2H3/t16-,17-/m1/s1. The number of carbonyl (C=O) groups excluding carboxylic acids is 1. The molecule has 0 aliphatic carbocycles. The number of piperazine rings is 1. The number of carbonyl (C=O) groups is 1. The molecule has 1 aliphatic heterocycles. The third-order valence-electron chi connectivity index (χ3n) is 4.72. The van der Waals surface area contributed by atoms with Gasteiger partial charge < -0.3 is 4.90 Å². The topological polar surface area (TPSA) is 23.6 Å². The van der Waals surface area contributed by atoms with E-state index >= 15 is 0 Å². The first-order valence-electron chi connectivity index (χ1n) is 8.27. The van der Waals surface area contributed by atoms with Crippen molar-refractivity contribution in [3.63, 3.8) is 0 Å². The third-order valence-corrected chi connectivity index (χ3v) is 4.72. The summed E-state index contributed by atoms with van der Waals surface area (Å²) in [6.07, 6.45) is 0. The summed E-state index contributed by atoms with van der Waals surface area (Å²) in [4.78, 5) is 16.9. The molecule has 3 heteroatoms. The van der Waals surface area contributed by atoms with Gasteiger partial charge in [0.2, 0.25) is 5.91 Å². The first kappa shape index (κ1) is 15.8. The van der Waals surface area contributed by atoms with Crippen molar-refractivity contribution in [1.82, 2.24) is 9.80 Å². The lowest BCUT2D eigenvalue weighted by molar-refractivity contribution is -0.140. The smallest absolute Gasteiger partial charge is 0.237 e. The molecule has 0 aromatic heterocycles. The summed E-state index contributed by atoms with van der Waals surface area (Å²) < 4.78 is 0. The van der Waals surface area contributed by atoms with Gasteiger partial charge >= 0.3 is 0 Å². The zero-order valence-electron chi connectivity index (χ0n) is 13.9. The minimum absolute atomic E-state index is 0.217. The summed E-state index contributed by atoms with van der Waals surface area (Å²) in [6.45, 7) is 6.38. The van der Waals surface area contributed by atoms with E-state index in [-0.39, 0.29) is 11.9 Å². The molecule has 2 aromatic carbocycles. The van der Waals surface area contributed by atoms with E-state index in [2.05, 4.69) is 55.1 Å². The molecule has 0 radical (unpaired) electrons. The molecule has 0 bridgehead atoms. The Morgan fingerprint density at radius 2 is 1.65 bits per heavy atom. The molecule has 3 rings (SSSR count). The normalized spacial score (nSPS) is 20.5. The zero-order chi connectivity index (χ0) is 16.2. The van der Waals surface area contributed by atoms with Crippen LogP contribution in [0.4, 0.5) is 0 Å². The molecule has 120 valence electrons. The van der Waals surface area contributed by atoms with Crippen molar-refractivity contribution in [3.05, 3.63) is 71.8 Å². The summed E-state index contributed by atoms with van der Waals surface area (Å²) in [5.41, 5.74) is 2.46. The Bertz CT molecular complexity index is 641. The fourth-order valence-electron chi connectivity index (χ4n) is 3.34. The van der Waals surface area contributed by atoms with Gasteiger partial charge in [-0.1, -0.05) is 60.7 Å². The number of hydrogen-bond acceptors (Lipinski definition) is 2. The van der Waals surface area contributed by atoms with E-state index in [0.29, 0.717) is 19.1 Å². The highest BCUT2D eigenvalue weighted by Crippen LogP contribution is 2.25. The van der Waals surface area contributed by atoms with Gasteiger partial charge in [-0.3, -0.25) is 9.69 Å².